The second kappa shape index (κ2) is 9.39. The summed E-state index contributed by atoms with van der Waals surface area (Å²) in [5, 5.41) is 3.22. The number of piperazine rings is 1. The Balaban J connectivity index is 1.40. The van der Waals surface area contributed by atoms with Crippen molar-refractivity contribution in [2.75, 3.05) is 38.0 Å². The highest BCUT2D eigenvalue weighted by atomic mass is 16.2. The van der Waals surface area contributed by atoms with Gasteiger partial charge in [0.1, 0.15) is 0 Å². The molecule has 0 saturated carbocycles. The van der Waals surface area contributed by atoms with Crippen LogP contribution in [0.15, 0.2) is 91.0 Å². The monoisotopic (exact) mass is 385 g/mol. The Morgan fingerprint density at radius 1 is 0.724 bits per heavy atom. The van der Waals surface area contributed by atoms with E-state index in [1.54, 1.807) is 0 Å². The Morgan fingerprint density at radius 2 is 1.21 bits per heavy atom. The van der Waals surface area contributed by atoms with Crippen molar-refractivity contribution in [1.29, 1.82) is 0 Å². The highest BCUT2D eigenvalue weighted by Crippen LogP contribution is 2.29. The van der Waals surface area contributed by atoms with Gasteiger partial charge < -0.3 is 10.2 Å². The number of anilines is 1. The molecule has 1 N–H and O–H groups in total. The Kier molecular flexibility index (Phi) is 6.22. The van der Waals surface area contributed by atoms with Crippen LogP contribution in [0.25, 0.3) is 0 Å². The number of carbonyl (C=O) groups excluding carboxylic acids is 1. The quantitative estimate of drug-likeness (QED) is 0.696. The fourth-order valence-corrected chi connectivity index (χ4v) is 3.96. The Bertz CT molecular complexity index is 852. The van der Waals surface area contributed by atoms with E-state index in [1.165, 1.54) is 11.1 Å². The number of nitrogens with one attached hydrogen (secondary N) is 1. The Labute approximate surface area is 172 Å². The second-order valence-corrected chi connectivity index (χ2v) is 7.36. The van der Waals surface area contributed by atoms with Gasteiger partial charge in [-0.25, -0.2) is 0 Å². The van der Waals surface area contributed by atoms with Crippen LogP contribution in [-0.4, -0.2) is 48.4 Å². The maximum absolute atomic E-state index is 12.6. The first-order chi connectivity index (χ1) is 14.3. The number of hydrogen-bond donors (Lipinski definition) is 1. The molecule has 148 valence electrons. The van der Waals surface area contributed by atoms with E-state index in [2.05, 4.69) is 70.9 Å². The molecule has 0 aromatic heterocycles. The van der Waals surface area contributed by atoms with Crippen molar-refractivity contribution in [3.63, 3.8) is 0 Å². The molecule has 4 nitrogen and oxygen atoms in total. The highest BCUT2D eigenvalue weighted by Gasteiger charge is 2.27. The van der Waals surface area contributed by atoms with Gasteiger partial charge in [0, 0.05) is 31.9 Å². The van der Waals surface area contributed by atoms with Crippen LogP contribution in [0, 0.1) is 0 Å². The zero-order valence-electron chi connectivity index (χ0n) is 16.6. The minimum atomic E-state index is 0.157. The molecule has 1 aliphatic heterocycles. The number of rotatable bonds is 6. The first-order valence-corrected chi connectivity index (χ1v) is 10.2. The summed E-state index contributed by atoms with van der Waals surface area (Å²) in [5.74, 6) is 0.157. The second-order valence-electron chi connectivity index (χ2n) is 7.36. The number of amides is 1. The van der Waals surface area contributed by atoms with Crippen LogP contribution >= 0.6 is 0 Å². The Morgan fingerprint density at radius 3 is 1.72 bits per heavy atom. The lowest BCUT2D eigenvalue weighted by Gasteiger charge is -2.39. The normalized spacial score (nSPS) is 14.7. The van der Waals surface area contributed by atoms with Crippen molar-refractivity contribution in [3.8, 4) is 0 Å². The fraction of sp³-hybridized carbons (Fsp3) is 0.240. The molecule has 1 saturated heterocycles. The van der Waals surface area contributed by atoms with Crippen LogP contribution in [0.2, 0.25) is 0 Å². The van der Waals surface area contributed by atoms with Gasteiger partial charge in [0.05, 0.1) is 12.6 Å². The molecule has 1 fully saturated rings. The van der Waals surface area contributed by atoms with E-state index in [0.29, 0.717) is 6.54 Å². The summed E-state index contributed by atoms with van der Waals surface area (Å²) in [6, 6.07) is 31.4. The third kappa shape index (κ3) is 4.84. The molecule has 4 heteroatoms. The van der Waals surface area contributed by atoms with Gasteiger partial charge in [-0.3, -0.25) is 9.69 Å². The molecule has 1 amide bonds. The molecule has 3 aromatic rings. The summed E-state index contributed by atoms with van der Waals surface area (Å²) >= 11 is 0. The molecule has 0 atom stereocenters. The minimum Gasteiger partial charge on any atom is -0.376 e. The van der Waals surface area contributed by atoms with Crippen LogP contribution in [0.4, 0.5) is 5.69 Å². The molecule has 3 aromatic carbocycles. The Hall–Kier alpha value is -3.11. The third-order valence-electron chi connectivity index (χ3n) is 5.48. The first kappa shape index (κ1) is 19.2. The number of benzene rings is 3. The van der Waals surface area contributed by atoms with Crippen molar-refractivity contribution >= 4 is 11.6 Å². The van der Waals surface area contributed by atoms with E-state index in [0.717, 1.165) is 31.9 Å². The molecular formula is C25H27N3O. The van der Waals surface area contributed by atoms with Crippen LogP contribution in [0.5, 0.6) is 0 Å². The minimum absolute atomic E-state index is 0.157. The smallest absolute Gasteiger partial charge is 0.241 e. The summed E-state index contributed by atoms with van der Waals surface area (Å²) in [6.07, 6.45) is 0. The number of para-hydroxylation sites is 1. The van der Waals surface area contributed by atoms with Gasteiger partial charge in [-0.05, 0) is 23.3 Å². The lowest BCUT2D eigenvalue weighted by Crippen LogP contribution is -2.51. The van der Waals surface area contributed by atoms with Crippen LogP contribution in [-0.2, 0) is 4.79 Å². The zero-order valence-corrected chi connectivity index (χ0v) is 16.6. The largest absolute Gasteiger partial charge is 0.376 e. The molecule has 0 bridgehead atoms. The van der Waals surface area contributed by atoms with Crippen LogP contribution in [0.3, 0.4) is 0 Å². The van der Waals surface area contributed by atoms with Crippen molar-refractivity contribution in [2.24, 2.45) is 0 Å². The average Bonchev–Trinajstić information content (AvgIpc) is 2.80. The van der Waals surface area contributed by atoms with Crippen molar-refractivity contribution in [2.45, 2.75) is 6.04 Å². The molecule has 0 radical (unpaired) electrons. The average molecular weight is 386 g/mol. The van der Waals surface area contributed by atoms with Gasteiger partial charge in [0.15, 0.2) is 0 Å². The van der Waals surface area contributed by atoms with Crippen LogP contribution < -0.4 is 5.32 Å². The lowest BCUT2D eigenvalue weighted by atomic mass is 9.96. The SMILES string of the molecule is O=C(CNc1ccccc1)N1CCN(C(c2ccccc2)c2ccccc2)CC1. The van der Waals surface area contributed by atoms with Crippen LogP contribution in [0.1, 0.15) is 17.2 Å². The summed E-state index contributed by atoms with van der Waals surface area (Å²) in [4.78, 5) is 17.1. The molecule has 4 rings (SSSR count). The summed E-state index contributed by atoms with van der Waals surface area (Å²) in [5.41, 5.74) is 3.57. The van der Waals surface area contributed by atoms with Gasteiger partial charge in [-0.15, -0.1) is 0 Å². The molecule has 1 heterocycles. The number of nitrogens with zero attached hydrogens (tertiary/aromatic N) is 2. The molecule has 0 aliphatic carbocycles. The zero-order chi connectivity index (χ0) is 19.9. The predicted octanol–water partition coefficient (Wildman–Crippen LogP) is 4.03. The van der Waals surface area contributed by atoms with E-state index in [-0.39, 0.29) is 11.9 Å². The molecule has 29 heavy (non-hydrogen) atoms. The summed E-state index contributed by atoms with van der Waals surface area (Å²) in [7, 11) is 0. The number of hydrogen-bond acceptors (Lipinski definition) is 3. The summed E-state index contributed by atoms with van der Waals surface area (Å²) in [6.45, 7) is 3.58. The van der Waals surface area contributed by atoms with E-state index < -0.39 is 0 Å². The van der Waals surface area contributed by atoms with E-state index in [4.69, 9.17) is 0 Å². The van der Waals surface area contributed by atoms with Gasteiger partial charge in [0.2, 0.25) is 5.91 Å². The summed E-state index contributed by atoms with van der Waals surface area (Å²) < 4.78 is 0. The van der Waals surface area contributed by atoms with E-state index in [9.17, 15) is 4.79 Å². The topological polar surface area (TPSA) is 35.6 Å². The molecular weight excluding hydrogens is 358 g/mol. The van der Waals surface area contributed by atoms with E-state index in [1.807, 2.05) is 35.2 Å². The molecule has 1 aliphatic rings. The maximum atomic E-state index is 12.6. The maximum Gasteiger partial charge on any atom is 0.241 e. The van der Waals surface area contributed by atoms with Crippen molar-refractivity contribution in [1.82, 2.24) is 9.80 Å². The highest BCUT2D eigenvalue weighted by molar-refractivity contribution is 5.81. The van der Waals surface area contributed by atoms with Gasteiger partial charge in [-0.2, -0.15) is 0 Å². The fourth-order valence-electron chi connectivity index (χ4n) is 3.96. The first-order valence-electron chi connectivity index (χ1n) is 10.2. The molecule has 0 unspecified atom stereocenters. The van der Waals surface area contributed by atoms with Gasteiger partial charge >= 0.3 is 0 Å². The lowest BCUT2D eigenvalue weighted by molar-refractivity contribution is -0.131. The number of carbonyl (C=O) groups is 1. The van der Waals surface area contributed by atoms with E-state index >= 15 is 0 Å². The third-order valence-corrected chi connectivity index (χ3v) is 5.48. The predicted molar refractivity (Wildman–Crippen MR) is 118 cm³/mol. The van der Waals surface area contributed by atoms with Crippen molar-refractivity contribution in [3.05, 3.63) is 102 Å². The van der Waals surface area contributed by atoms with Gasteiger partial charge in [-0.1, -0.05) is 78.9 Å². The van der Waals surface area contributed by atoms with Crippen molar-refractivity contribution < 1.29 is 4.79 Å². The van der Waals surface area contributed by atoms with Gasteiger partial charge in [0.25, 0.3) is 0 Å². The molecule has 0 spiro atoms. The standard InChI is InChI=1S/C25H27N3O/c29-24(20-26-23-14-8-3-9-15-23)27-16-18-28(19-17-27)25(21-10-4-1-5-11-21)22-12-6-2-7-13-22/h1-15,25-26H,16-20H2.